The van der Waals surface area contributed by atoms with Crippen molar-refractivity contribution in [1.29, 1.82) is 0 Å². The summed E-state index contributed by atoms with van der Waals surface area (Å²) < 4.78 is 37.0. The fourth-order valence-corrected chi connectivity index (χ4v) is 4.18. The summed E-state index contributed by atoms with van der Waals surface area (Å²) in [5.41, 5.74) is 0.931. The Balaban J connectivity index is 1.38. The van der Waals surface area contributed by atoms with Crippen molar-refractivity contribution in [3.8, 4) is 0 Å². The molecule has 0 spiro atoms. The minimum absolute atomic E-state index is 0.168. The van der Waals surface area contributed by atoms with Crippen LogP contribution >= 0.6 is 0 Å². The molecule has 4 rings (SSSR count). The number of hydrogen-bond donors (Lipinski definition) is 1. The number of piperidine rings is 1. The average molecular weight is 453 g/mol. The summed E-state index contributed by atoms with van der Waals surface area (Å²) in [7, 11) is 0. The van der Waals surface area contributed by atoms with Crippen LogP contribution in [0.15, 0.2) is 12.1 Å². The third-order valence-corrected chi connectivity index (χ3v) is 5.93. The predicted molar refractivity (Wildman–Crippen MR) is 104 cm³/mol. The number of piperazine rings is 1. The summed E-state index contributed by atoms with van der Waals surface area (Å²) in [5.74, 6) is -1.22. The zero-order valence-electron chi connectivity index (χ0n) is 17.2. The van der Waals surface area contributed by atoms with Gasteiger partial charge in [-0.1, -0.05) is 6.07 Å². The smallest absolute Gasteiger partial charge is 0.353 e. The predicted octanol–water partition coefficient (Wildman–Crippen LogP) is 0.834. The van der Waals surface area contributed by atoms with Gasteiger partial charge in [-0.05, 0) is 12.5 Å². The second-order valence-corrected chi connectivity index (χ2v) is 8.06. The molecule has 172 valence electrons. The number of fused-ring (bicyclic) bond motifs is 1. The molecular formula is C20H22F3N5O4. The van der Waals surface area contributed by atoms with Gasteiger partial charge in [0, 0.05) is 51.1 Å². The van der Waals surface area contributed by atoms with Crippen molar-refractivity contribution in [3.63, 3.8) is 0 Å². The summed E-state index contributed by atoms with van der Waals surface area (Å²) in [6, 6.07) is 2.80. The highest BCUT2D eigenvalue weighted by molar-refractivity contribution is 6.04. The van der Waals surface area contributed by atoms with E-state index in [4.69, 9.17) is 0 Å². The fraction of sp³-hybridized carbons (Fsp3) is 0.550. The molecule has 0 radical (unpaired) electrons. The number of rotatable bonds is 4. The van der Waals surface area contributed by atoms with Crippen molar-refractivity contribution >= 4 is 29.4 Å². The van der Waals surface area contributed by atoms with Crippen LogP contribution in [0.5, 0.6) is 0 Å². The summed E-state index contributed by atoms with van der Waals surface area (Å²) in [5, 5.41) is 2.25. The van der Waals surface area contributed by atoms with E-state index in [1.54, 1.807) is 12.1 Å². The largest absolute Gasteiger partial charge is 0.389 e. The molecule has 1 aromatic rings. The molecule has 4 amide bonds. The van der Waals surface area contributed by atoms with Crippen LogP contribution in [0.3, 0.4) is 0 Å². The van der Waals surface area contributed by atoms with Gasteiger partial charge in [-0.25, -0.2) is 4.98 Å². The van der Waals surface area contributed by atoms with Crippen molar-refractivity contribution < 1.29 is 32.3 Å². The van der Waals surface area contributed by atoms with Crippen LogP contribution in [0.25, 0.3) is 0 Å². The lowest BCUT2D eigenvalue weighted by molar-refractivity contribution is -0.149. The first kappa shape index (κ1) is 22.0. The van der Waals surface area contributed by atoms with Gasteiger partial charge in [0.15, 0.2) is 0 Å². The first-order valence-corrected chi connectivity index (χ1v) is 10.4. The van der Waals surface area contributed by atoms with E-state index >= 15 is 0 Å². The molecule has 3 aliphatic heterocycles. The summed E-state index contributed by atoms with van der Waals surface area (Å²) >= 11 is 0. The number of halogens is 3. The van der Waals surface area contributed by atoms with Crippen molar-refractivity contribution in [2.24, 2.45) is 0 Å². The lowest BCUT2D eigenvalue weighted by Gasteiger charge is -2.35. The highest BCUT2D eigenvalue weighted by Gasteiger charge is 2.40. The maximum absolute atomic E-state index is 12.9. The van der Waals surface area contributed by atoms with E-state index in [0.29, 0.717) is 24.5 Å². The molecule has 1 atom stereocenters. The Labute approximate surface area is 181 Å². The van der Waals surface area contributed by atoms with Crippen LogP contribution in [0, 0.1) is 0 Å². The van der Waals surface area contributed by atoms with Crippen LogP contribution in [0.4, 0.5) is 19.0 Å². The second-order valence-electron chi connectivity index (χ2n) is 8.06. The number of pyridine rings is 1. The summed E-state index contributed by atoms with van der Waals surface area (Å²) in [6.45, 7) is 1.54. The summed E-state index contributed by atoms with van der Waals surface area (Å²) in [6.07, 6.45) is -5.63. The Morgan fingerprint density at radius 1 is 1.12 bits per heavy atom. The number of nitrogens with one attached hydrogen (secondary N) is 1. The standard InChI is InChI=1S/C20H22F3N5O4/c21-20(22,23)6-5-16(30)27-9-7-26(8-10-27)14-3-1-12-11-28(19(32)17(12)24-14)13-2-4-15(29)25-18(13)31/h1,3,13H,2,4-11H2,(H,25,29,31). The Hall–Kier alpha value is -3.18. The Bertz CT molecular complexity index is 959. The monoisotopic (exact) mass is 453 g/mol. The molecule has 2 saturated heterocycles. The molecule has 0 bridgehead atoms. The van der Waals surface area contributed by atoms with Gasteiger partial charge in [-0.2, -0.15) is 13.2 Å². The number of imide groups is 1. The van der Waals surface area contributed by atoms with Crippen LogP contribution in [-0.2, 0) is 20.9 Å². The first-order chi connectivity index (χ1) is 15.1. The summed E-state index contributed by atoms with van der Waals surface area (Å²) in [4.78, 5) is 57.6. The van der Waals surface area contributed by atoms with Gasteiger partial charge in [-0.15, -0.1) is 0 Å². The number of carbonyl (C=O) groups is 4. The molecular weight excluding hydrogens is 431 g/mol. The van der Waals surface area contributed by atoms with Gasteiger partial charge in [0.2, 0.25) is 17.7 Å². The maximum Gasteiger partial charge on any atom is 0.389 e. The fourth-order valence-electron chi connectivity index (χ4n) is 4.18. The number of amides is 4. The topological polar surface area (TPSA) is 103 Å². The van der Waals surface area contributed by atoms with E-state index in [2.05, 4.69) is 10.3 Å². The number of aromatic nitrogens is 1. The van der Waals surface area contributed by atoms with E-state index < -0.39 is 36.9 Å². The third kappa shape index (κ3) is 4.53. The second kappa shape index (κ2) is 8.40. The van der Waals surface area contributed by atoms with Crippen LogP contribution in [0.2, 0.25) is 0 Å². The van der Waals surface area contributed by atoms with E-state index in [-0.39, 0.29) is 50.0 Å². The Morgan fingerprint density at radius 3 is 2.50 bits per heavy atom. The van der Waals surface area contributed by atoms with E-state index in [0.717, 1.165) is 0 Å². The molecule has 1 unspecified atom stereocenters. The van der Waals surface area contributed by atoms with Crippen LogP contribution in [0.1, 0.15) is 41.7 Å². The van der Waals surface area contributed by atoms with Gasteiger partial charge in [-0.3, -0.25) is 24.5 Å². The van der Waals surface area contributed by atoms with E-state index in [9.17, 15) is 32.3 Å². The van der Waals surface area contributed by atoms with Gasteiger partial charge < -0.3 is 14.7 Å². The quantitative estimate of drug-likeness (QED) is 0.678. The third-order valence-electron chi connectivity index (χ3n) is 5.93. The highest BCUT2D eigenvalue weighted by atomic mass is 19.4. The van der Waals surface area contributed by atoms with Crippen molar-refractivity contribution in [2.75, 3.05) is 31.1 Å². The van der Waals surface area contributed by atoms with Gasteiger partial charge in [0.1, 0.15) is 17.6 Å². The number of carbonyl (C=O) groups excluding carboxylic acids is 4. The Morgan fingerprint density at radius 2 is 1.84 bits per heavy atom. The lowest BCUT2D eigenvalue weighted by atomic mass is 10.0. The molecule has 12 heteroatoms. The number of hydrogen-bond acceptors (Lipinski definition) is 6. The minimum Gasteiger partial charge on any atom is -0.353 e. The normalized spacial score (nSPS) is 21.7. The molecule has 2 fully saturated rings. The zero-order valence-corrected chi connectivity index (χ0v) is 17.2. The van der Waals surface area contributed by atoms with E-state index in [1.165, 1.54) is 9.80 Å². The Kier molecular flexibility index (Phi) is 5.78. The first-order valence-electron chi connectivity index (χ1n) is 10.4. The molecule has 0 aliphatic carbocycles. The van der Waals surface area contributed by atoms with Crippen molar-refractivity contribution in [2.45, 2.75) is 44.4 Å². The van der Waals surface area contributed by atoms with Gasteiger partial charge >= 0.3 is 6.18 Å². The molecule has 1 aromatic heterocycles. The SMILES string of the molecule is O=C1CCC(N2Cc3ccc(N4CCN(C(=O)CCC(F)(F)F)CC4)nc3C2=O)C(=O)N1. The lowest BCUT2D eigenvalue weighted by Crippen LogP contribution is -2.52. The number of anilines is 1. The number of alkyl halides is 3. The molecule has 9 nitrogen and oxygen atoms in total. The highest BCUT2D eigenvalue weighted by Crippen LogP contribution is 2.28. The number of nitrogens with zero attached hydrogens (tertiary/aromatic N) is 4. The minimum atomic E-state index is -4.36. The molecule has 4 heterocycles. The molecule has 0 saturated carbocycles. The van der Waals surface area contributed by atoms with Crippen LogP contribution in [-0.4, -0.2) is 76.8 Å². The van der Waals surface area contributed by atoms with Crippen molar-refractivity contribution in [1.82, 2.24) is 20.1 Å². The van der Waals surface area contributed by atoms with Gasteiger partial charge in [0.25, 0.3) is 5.91 Å². The molecule has 0 aromatic carbocycles. The molecule has 3 aliphatic rings. The zero-order chi connectivity index (χ0) is 23.0. The van der Waals surface area contributed by atoms with Gasteiger partial charge in [0.05, 0.1) is 6.42 Å². The van der Waals surface area contributed by atoms with Crippen molar-refractivity contribution in [3.05, 3.63) is 23.4 Å². The molecule has 1 N–H and O–H groups in total. The maximum atomic E-state index is 12.9. The average Bonchev–Trinajstić information content (AvgIpc) is 3.07. The molecule has 32 heavy (non-hydrogen) atoms. The van der Waals surface area contributed by atoms with E-state index in [1.807, 2.05) is 4.90 Å². The van der Waals surface area contributed by atoms with Crippen LogP contribution < -0.4 is 10.2 Å².